The SMILES string of the molecule is CC(C)OCC(Cc1ccnc2ccccc12)NN. The van der Waals surface area contributed by atoms with E-state index in [0.29, 0.717) is 6.61 Å². The Labute approximate surface area is 113 Å². The summed E-state index contributed by atoms with van der Waals surface area (Å²) in [6.45, 7) is 4.65. The van der Waals surface area contributed by atoms with Crippen molar-refractivity contribution in [2.75, 3.05) is 6.61 Å². The third-order valence-electron chi connectivity index (χ3n) is 3.07. The van der Waals surface area contributed by atoms with Gasteiger partial charge in [0.15, 0.2) is 0 Å². The van der Waals surface area contributed by atoms with Crippen molar-refractivity contribution in [3.8, 4) is 0 Å². The van der Waals surface area contributed by atoms with Crippen molar-refractivity contribution in [2.45, 2.75) is 32.4 Å². The van der Waals surface area contributed by atoms with E-state index in [2.05, 4.69) is 16.5 Å². The molecule has 1 atom stereocenters. The number of ether oxygens (including phenoxy) is 1. The van der Waals surface area contributed by atoms with Crippen LogP contribution in [0.3, 0.4) is 0 Å². The summed E-state index contributed by atoms with van der Waals surface area (Å²) in [4.78, 5) is 4.37. The van der Waals surface area contributed by atoms with Gasteiger partial charge in [-0.05, 0) is 38.0 Å². The van der Waals surface area contributed by atoms with Gasteiger partial charge in [0, 0.05) is 17.6 Å². The minimum Gasteiger partial charge on any atom is -0.377 e. The Kier molecular flexibility index (Phi) is 4.85. The second-order valence-corrected chi connectivity index (χ2v) is 4.94. The Balaban J connectivity index is 2.15. The smallest absolute Gasteiger partial charge is 0.0704 e. The van der Waals surface area contributed by atoms with Gasteiger partial charge in [0.2, 0.25) is 0 Å². The van der Waals surface area contributed by atoms with Crippen molar-refractivity contribution in [3.63, 3.8) is 0 Å². The first-order chi connectivity index (χ1) is 9.20. The molecule has 19 heavy (non-hydrogen) atoms. The zero-order valence-electron chi connectivity index (χ0n) is 11.5. The average molecular weight is 259 g/mol. The number of fused-ring (bicyclic) bond motifs is 1. The number of aromatic nitrogens is 1. The van der Waals surface area contributed by atoms with Gasteiger partial charge in [-0.1, -0.05) is 18.2 Å². The van der Waals surface area contributed by atoms with Crippen LogP contribution in [0.4, 0.5) is 0 Å². The fourth-order valence-corrected chi connectivity index (χ4v) is 2.07. The molecule has 1 aromatic heterocycles. The fraction of sp³-hybridized carbons (Fsp3) is 0.400. The summed E-state index contributed by atoms with van der Waals surface area (Å²) < 4.78 is 5.62. The number of hydrogen-bond acceptors (Lipinski definition) is 4. The molecule has 0 amide bonds. The van der Waals surface area contributed by atoms with Gasteiger partial charge in [0.25, 0.3) is 0 Å². The Morgan fingerprint density at radius 2 is 2.05 bits per heavy atom. The van der Waals surface area contributed by atoms with Crippen molar-refractivity contribution in [3.05, 3.63) is 42.1 Å². The summed E-state index contributed by atoms with van der Waals surface area (Å²) in [6.07, 6.45) is 2.88. The van der Waals surface area contributed by atoms with E-state index in [0.717, 1.165) is 11.9 Å². The van der Waals surface area contributed by atoms with Crippen molar-refractivity contribution < 1.29 is 4.74 Å². The molecule has 0 fully saturated rings. The third-order valence-corrected chi connectivity index (χ3v) is 3.07. The number of rotatable bonds is 6. The summed E-state index contributed by atoms with van der Waals surface area (Å²) in [5.74, 6) is 5.61. The molecule has 102 valence electrons. The number of benzene rings is 1. The van der Waals surface area contributed by atoms with Crippen LogP contribution in [0, 0.1) is 0 Å². The molecule has 2 aromatic rings. The van der Waals surface area contributed by atoms with E-state index in [1.165, 1.54) is 10.9 Å². The predicted octanol–water partition coefficient (Wildman–Crippen LogP) is 2.03. The molecule has 0 radical (unpaired) electrons. The van der Waals surface area contributed by atoms with Crippen molar-refractivity contribution in [1.82, 2.24) is 10.4 Å². The second kappa shape index (κ2) is 6.61. The minimum atomic E-state index is 0.105. The van der Waals surface area contributed by atoms with Gasteiger partial charge in [-0.15, -0.1) is 0 Å². The van der Waals surface area contributed by atoms with E-state index in [1.807, 2.05) is 44.3 Å². The van der Waals surface area contributed by atoms with Gasteiger partial charge in [-0.25, -0.2) is 0 Å². The number of nitrogens with zero attached hydrogens (tertiary/aromatic N) is 1. The predicted molar refractivity (Wildman–Crippen MR) is 77.6 cm³/mol. The third kappa shape index (κ3) is 3.73. The Hall–Kier alpha value is -1.49. The molecule has 1 aromatic carbocycles. The van der Waals surface area contributed by atoms with Crippen molar-refractivity contribution in [1.29, 1.82) is 0 Å². The van der Waals surface area contributed by atoms with E-state index >= 15 is 0 Å². The number of pyridine rings is 1. The fourth-order valence-electron chi connectivity index (χ4n) is 2.07. The molecule has 0 saturated heterocycles. The highest BCUT2D eigenvalue weighted by atomic mass is 16.5. The highest BCUT2D eigenvalue weighted by molar-refractivity contribution is 5.81. The van der Waals surface area contributed by atoms with Crippen molar-refractivity contribution >= 4 is 10.9 Å². The van der Waals surface area contributed by atoms with Crippen LogP contribution in [0.25, 0.3) is 10.9 Å². The quantitative estimate of drug-likeness (QED) is 0.615. The maximum absolute atomic E-state index is 5.62. The van der Waals surface area contributed by atoms with Gasteiger partial charge >= 0.3 is 0 Å². The molecule has 1 heterocycles. The van der Waals surface area contributed by atoms with E-state index in [1.54, 1.807) is 0 Å². The van der Waals surface area contributed by atoms with E-state index < -0.39 is 0 Å². The monoisotopic (exact) mass is 259 g/mol. The van der Waals surface area contributed by atoms with E-state index in [4.69, 9.17) is 10.6 Å². The lowest BCUT2D eigenvalue weighted by Crippen LogP contribution is -2.40. The summed E-state index contributed by atoms with van der Waals surface area (Å²) >= 11 is 0. The van der Waals surface area contributed by atoms with E-state index in [9.17, 15) is 0 Å². The molecule has 0 saturated carbocycles. The van der Waals surface area contributed by atoms with Gasteiger partial charge in [-0.2, -0.15) is 0 Å². The maximum Gasteiger partial charge on any atom is 0.0704 e. The highest BCUT2D eigenvalue weighted by Gasteiger charge is 2.11. The molecule has 3 N–H and O–H groups in total. The molecule has 1 unspecified atom stereocenters. The summed E-state index contributed by atoms with van der Waals surface area (Å²) in [6, 6.07) is 10.3. The first-order valence-electron chi connectivity index (χ1n) is 6.61. The highest BCUT2D eigenvalue weighted by Crippen LogP contribution is 2.17. The first kappa shape index (κ1) is 13.9. The second-order valence-electron chi connectivity index (χ2n) is 4.94. The summed E-state index contributed by atoms with van der Waals surface area (Å²) in [5.41, 5.74) is 5.08. The number of hydrogen-bond donors (Lipinski definition) is 2. The van der Waals surface area contributed by atoms with Crippen LogP contribution < -0.4 is 11.3 Å². The normalized spacial score (nSPS) is 13.1. The number of hydrazine groups is 1. The van der Waals surface area contributed by atoms with Gasteiger partial charge in [-0.3, -0.25) is 16.3 Å². The minimum absolute atomic E-state index is 0.105. The molecular formula is C15H21N3O. The van der Waals surface area contributed by atoms with Gasteiger partial charge in [0.1, 0.15) is 0 Å². The van der Waals surface area contributed by atoms with Crippen LogP contribution in [0.15, 0.2) is 36.5 Å². The topological polar surface area (TPSA) is 60.2 Å². The molecule has 0 aliphatic heterocycles. The molecular weight excluding hydrogens is 238 g/mol. The lowest BCUT2D eigenvalue weighted by atomic mass is 10.0. The zero-order chi connectivity index (χ0) is 13.7. The van der Waals surface area contributed by atoms with Crippen molar-refractivity contribution in [2.24, 2.45) is 5.84 Å². The molecule has 2 rings (SSSR count). The van der Waals surface area contributed by atoms with E-state index in [-0.39, 0.29) is 12.1 Å². The summed E-state index contributed by atoms with van der Waals surface area (Å²) in [5, 5.41) is 1.18. The van der Waals surface area contributed by atoms with Gasteiger partial charge < -0.3 is 4.74 Å². The molecule has 4 nitrogen and oxygen atoms in total. The van der Waals surface area contributed by atoms with Crippen LogP contribution in [-0.4, -0.2) is 23.7 Å². The number of nitrogens with one attached hydrogen (secondary N) is 1. The molecule has 4 heteroatoms. The van der Waals surface area contributed by atoms with Crippen LogP contribution in [-0.2, 0) is 11.2 Å². The molecule has 0 bridgehead atoms. The Morgan fingerprint density at radius 3 is 2.79 bits per heavy atom. The van der Waals surface area contributed by atoms with Crippen LogP contribution in [0.5, 0.6) is 0 Å². The number of para-hydroxylation sites is 1. The summed E-state index contributed by atoms with van der Waals surface area (Å²) in [7, 11) is 0. The molecule has 0 aliphatic rings. The van der Waals surface area contributed by atoms with Crippen LogP contribution in [0.2, 0.25) is 0 Å². The lowest BCUT2D eigenvalue weighted by molar-refractivity contribution is 0.0614. The standard InChI is InChI=1S/C15H21N3O/c1-11(2)19-10-13(18-16)9-12-7-8-17-15-6-4-3-5-14(12)15/h3-8,11,13,18H,9-10,16H2,1-2H3. The molecule has 0 aliphatic carbocycles. The van der Waals surface area contributed by atoms with Gasteiger partial charge in [0.05, 0.1) is 18.2 Å². The average Bonchev–Trinajstić information content (AvgIpc) is 2.43. The Morgan fingerprint density at radius 1 is 1.26 bits per heavy atom. The van der Waals surface area contributed by atoms with Crippen LogP contribution in [0.1, 0.15) is 19.4 Å². The lowest BCUT2D eigenvalue weighted by Gasteiger charge is -2.18. The molecule has 0 spiro atoms. The number of nitrogens with two attached hydrogens (primary N) is 1. The van der Waals surface area contributed by atoms with Crippen LogP contribution >= 0.6 is 0 Å². The maximum atomic E-state index is 5.62. The largest absolute Gasteiger partial charge is 0.377 e. The zero-order valence-corrected chi connectivity index (χ0v) is 11.5. The first-order valence-corrected chi connectivity index (χ1v) is 6.61. The Bertz CT molecular complexity index is 522.